The van der Waals surface area contributed by atoms with Crippen LogP contribution in [0.25, 0.3) is 11.3 Å². The number of phenolic OH excluding ortho intramolecular Hbond substituents is 1. The summed E-state index contributed by atoms with van der Waals surface area (Å²) in [5.41, 5.74) is 6.76. The topological polar surface area (TPSA) is 91.7 Å². The van der Waals surface area contributed by atoms with Crippen LogP contribution in [0.1, 0.15) is 5.01 Å². The lowest BCUT2D eigenvalue weighted by atomic mass is 10.1. The summed E-state index contributed by atoms with van der Waals surface area (Å²) < 4.78 is 0. The standard InChI is InChI=1S/C11H11N3O2S/c12-10(14-16)5-11-13-8(6-17-11)7-3-1-2-4-9(7)15/h1-4,6,15-16H,5H2,(H2,12,14). The van der Waals surface area contributed by atoms with Gasteiger partial charge in [0, 0.05) is 10.9 Å². The molecule has 0 spiro atoms. The predicted octanol–water partition coefficient (Wildman–Crippen LogP) is 1.80. The number of nitrogens with two attached hydrogens (primary N) is 1. The molecule has 0 fully saturated rings. The highest BCUT2D eigenvalue weighted by atomic mass is 32.1. The molecule has 2 aromatic rings. The molecule has 1 aromatic carbocycles. The lowest BCUT2D eigenvalue weighted by molar-refractivity contribution is 0.317. The number of rotatable bonds is 3. The van der Waals surface area contributed by atoms with Crippen LogP contribution in [-0.2, 0) is 6.42 Å². The van der Waals surface area contributed by atoms with Crippen LogP contribution in [0.15, 0.2) is 34.8 Å². The van der Waals surface area contributed by atoms with E-state index in [1.54, 1.807) is 18.2 Å². The first-order valence-corrected chi connectivity index (χ1v) is 5.78. The van der Waals surface area contributed by atoms with Crippen LogP contribution in [0.4, 0.5) is 0 Å². The van der Waals surface area contributed by atoms with Gasteiger partial charge in [-0.15, -0.1) is 11.3 Å². The van der Waals surface area contributed by atoms with Crippen molar-refractivity contribution in [2.45, 2.75) is 6.42 Å². The number of phenols is 1. The van der Waals surface area contributed by atoms with E-state index in [-0.39, 0.29) is 11.6 Å². The molecular formula is C11H11N3O2S. The second-order valence-electron chi connectivity index (χ2n) is 3.41. The van der Waals surface area contributed by atoms with Crippen LogP contribution in [0.5, 0.6) is 5.75 Å². The fraction of sp³-hybridized carbons (Fsp3) is 0.0909. The summed E-state index contributed by atoms with van der Waals surface area (Å²) in [6.45, 7) is 0. The zero-order valence-electron chi connectivity index (χ0n) is 8.87. The van der Waals surface area contributed by atoms with Crippen molar-refractivity contribution in [1.82, 2.24) is 4.98 Å². The average molecular weight is 249 g/mol. The van der Waals surface area contributed by atoms with Gasteiger partial charge in [-0.1, -0.05) is 17.3 Å². The minimum absolute atomic E-state index is 0.114. The summed E-state index contributed by atoms with van der Waals surface area (Å²) >= 11 is 1.40. The van der Waals surface area contributed by atoms with Gasteiger partial charge >= 0.3 is 0 Å². The minimum Gasteiger partial charge on any atom is -0.507 e. The third kappa shape index (κ3) is 2.54. The molecule has 0 radical (unpaired) electrons. The van der Waals surface area contributed by atoms with E-state index >= 15 is 0 Å². The molecule has 1 aromatic heterocycles. The number of nitrogens with zero attached hydrogens (tertiary/aromatic N) is 2. The average Bonchev–Trinajstić information content (AvgIpc) is 2.78. The highest BCUT2D eigenvalue weighted by Crippen LogP contribution is 2.29. The predicted molar refractivity (Wildman–Crippen MR) is 66.3 cm³/mol. The van der Waals surface area contributed by atoms with Gasteiger partial charge < -0.3 is 16.0 Å². The smallest absolute Gasteiger partial charge is 0.146 e. The molecule has 0 saturated carbocycles. The molecule has 1 heterocycles. The van der Waals surface area contributed by atoms with Gasteiger partial charge in [-0.3, -0.25) is 0 Å². The monoisotopic (exact) mass is 249 g/mol. The maximum absolute atomic E-state index is 9.68. The van der Waals surface area contributed by atoms with Crippen LogP contribution in [0.3, 0.4) is 0 Å². The maximum atomic E-state index is 9.68. The fourth-order valence-electron chi connectivity index (χ4n) is 1.40. The SMILES string of the molecule is N/C(Cc1nc(-c2ccccc2O)cs1)=N/O. The summed E-state index contributed by atoms with van der Waals surface area (Å²) in [6.07, 6.45) is 0.300. The number of thiazole rings is 1. The number of hydrogen-bond donors (Lipinski definition) is 3. The first kappa shape index (κ1) is 11.4. The van der Waals surface area contributed by atoms with Crippen molar-refractivity contribution in [3.8, 4) is 17.0 Å². The van der Waals surface area contributed by atoms with Crippen molar-refractivity contribution in [3.63, 3.8) is 0 Å². The molecule has 0 saturated heterocycles. The van der Waals surface area contributed by atoms with E-state index in [1.165, 1.54) is 11.3 Å². The Kier molecular flexibility index (Phi) is 3.24. The molecule has 4 N–H and O–H groups in total. The Labute approximate surface area is 102 Å². The normalized spacial score (nSPS) is 11.6. The van der Waals surface area contributed by atoms with Crippen LogP contribution >= 0.6 is 11.3 Å². The van der Waals surface area contributed by atoms with Gasteiger partial charge in [0.1, 0.15) is 16.6 Å². The van der Waals surface area contributed by atoms with Crippen LogP contribution in [-0.4, -0.2) is 21.1 Å². The molecule has 0 aliphatic carbocycles. The minimum atomic E-state index is 0.114. The first-order valence-electron chi connectivity index (χ1n) is 4.90. The Hall–Kier alpha value is -2.08. The first-order chi connectivity index (χ1) is 8.20. The lowest BCUT2D eigenvalue weighted by Gasteiger charge is -1.99. The van der Waals surface area contributed by atoms with Gasteiger partial charge in [-0.05, 0) is 12.1 Å². The number of benzene rings is 1. The van der Waals surface area contributed by atoms with Crippen molar-refractivity contribution in [3.05, 3.63) is 34.7 Å². The Morgan fingerprint density at radius 1 is 1.41 bits per heavy atom. The Bertz CT molecular complexity index is 551. The summed E-state index contributed by atoms with van der Waals surface area (Å²) in [4.78, 5) is 4.32. The zero-order chi connectivity index (χ0) is 12.3. The van der Waals surface area contributed by atoms with Crippen molar-refractivity contribution in [2.24, 2.45) is 10.9 Å². The number of aromatic nitrogens is 1. The molecule has 88 valence electrons. The molecule has 0 atom stereocenters. The van der Waals surface area contributed by atoms with E-state index in [0.29, 0.717) is 17.7 Å². The van der Waals surface area contributed by atoms with Gasteiger partial charge in [0.25, 0.3) is 0 Å². The van der Waals surface area contributed by atoms with E-state index in [4.69, 9.17) is 10.9 Å². The third-order valence-corrected chi connectivity index (χ3v) is 3.04. The Balaban J connectivity index is 2.27. The molecule has 0 amide bonds. The third-order valence-electron chi connectivity index (χ3n) is 2.19. The summed E-state index contributed by atoms with van der Waals surface area (Å²) in [5.74, 6) is 0.302. The van der Waals surface area contributed by atoms with E-state index in [9.17, 15) is 5.11 Å². The van der Waals surface area contributed by atoms with Crippen molar-refractivity contribution in [1.29, 1.82) is 0 Å². The molecule has 0 unspecified atom stereocenters. The second kappa shape index (κ2) is 4.84. The fourth-order valence-corrected chi connectivity index (χ4v) is 2.21. The quantitative estimate of drug-likeness (QED) is 0.335. The lowest BCUT2D eigenvalue weighted by Crippen LogP contribution is -2.14. The molecule has 0 aliphatic rings. The van der Waals surface area contributed by atoms with Gasteiger partial charge in [-0.25, -0.2) is 4.98 Å². The summed E-state index contributed by atoms with van der Waals surface area (Å²) in [6, 6.07) is 6.98. The Morgan fingerprint density at radius 2 is 2.18 bits per heavy atom. The van der Waals surface area contributed by atoms with Crippen molar-refractivity contribution < 1.29 is 10.3 Å². The summed E-state index contributed by atoms with van der Waals surface area (Å²) in [7, 11) is 0. The van der Waals surface area contributed by atoms with Crippen LogP contribution < -0.4 is 5.73 Å². The van der Waals surface area contributed by atoms with Gasteiger partial charge in [0.2, 0.25) is 0 Å². The molecule has 0 aliphatic heterocycles. The van der Waals surface area contributed by atoms with Crippen molar-refractivity contribution >= 4 is 17.2 Å². The molecule has 5 nitrogen and oxygen atoms in total. The van der Waals surface area contributed by atoms with Gasteiger partial charge in [0.15, 0.2) is 0 Å². The van der Waals surface area contributed by atoms with Crippen LogP contribution in [0.2, 0.25) is 0 Å². The van der Waals surface area contributed by atoms with Gasteiger partial charge in [-0.2, -0.15) is 0 Å². The molecular weight excluding hydrogens is 238 g/mol. The molecule has 6 heteroatoms. The zero-order valence-corrected chi connectivity index (χ0v) is 9.68. The maximum Gasteiger partial charge on any atom is 0.146 e. The highest BCUT2D eigenvalue weighted by molar-refractivity contribution is 7.10. The van der Waals surface area contributed by atoms with Gasteiger partial charge in [0.05, 0.1) is 12.1 Å². The number of amidine groups is 1. The van der Waals surface area contributed by atoms with Crippen molar-refractivity contribution in [2.75, 3.05) is 0 Å². The number of para-hydroxylation sites is 1. The number of oxime groups is 1. The molecule has 2 rings (SSSR count). The van der Waals surface area contributed by atoms with Crippen LogP contribution in [0, 0.1) is 0 Å². The van der Waals surface area contributed by atoms with E-state index in [2.05, 4.69) is 10.1 Å². The molecule has 17 heavy (non-hydrogen) atoms. The largest absolute Gasteiger partial charge is 0.507 e. The second-order valence-corrected chi connectivity index (χ2v) is 4.35. The highest BCUT2D eigenvalue weighted by Gasteiger charge is 2.09. The number of aromatic hydroxyl groups is 1. The van der Waals surface area contributed by atoms with E-state index in [1.807, 2.05) is 11.4 Å². The molecule has 0 bridgehead atoms. The summed E-state index contributed by atoms with van der Waals surface area (Å²) in [5, 5.41) is 23.6. The number of hydrogen-bond acceptors (Lipinski definition) is 5. The van der Waals surface area contributed by atoms with E-state index < -0.39 is 0 Å². The van der Waals surface area contributed by atoms with E-state index in [0.717, 1.165) is 5.01 Å². The Morgan fingerprint density at radius 3 is 2.88 bits per heavy atom.